The van der Waals surface area contributed by atoms with Crippen LogP contribution in [0, 0.1) is 5.92 Å². The summed E-state index contributed by atoms with van der Waals surface area (Å²) < 4.78 is 5.26. The Hall–Kier alpha value is -3.87. The van der Waals surface area contributed by atoms with Gasteiger partial charge in [0.2, 0.25) is 5.95 Å². The number of aliphatic hydroxyl groups is 1. The molecule has 0 spiro atoms. The second kappa shape index (κ2) is 12.1. The van der Waals surface area contributed by atoms with E-state index < -0.39 is 5.60 Å². The van der Waals surface area contributed by atoms with Crippen molar-refractivity contribution in [1.29, 1.82) is 0 Å². The molecule has 5 heterocycles. The van der Waals surface area contributed by atoms with Crippen molar-refractivity contribution in [2.24, 2.45) is 5.92 Å². The molecule has 45 heavy (non-hydrogen) atoms. The van der Waals surface area contributed by atoms with E-state index in [-0.39, 0.29) is 12.1 Å². The Morgan fingerprint density at radius 1 is 1.02 bits per heavy atom. The van der Waals surface area contributed by atoms with Crippen LogP contribution in [0.1, 0.15) is 64.1 Å². The van der Waals surface area contributed by atoms with Crippen molar-refractivity contribution in [2.45, 2.75) is 76.6 Å². The third-order valence-corrected chi connectivity index (χ3v) is 9.59. The van der Waals surface area contributed by atoms with Crippen LogP contribution >= 0.6 is 0 Å². The smallest absolute Gasteiger partial charge is 0.278 e. The number of nitrogens with zero attached hydrogens (tertiary/aromatic N) is 9. The van der Waals surface area contributed by atoms with Gasteiger partial charge in [-0.25, -0.2) is 19.3 Å². The van der Waals surface area contributed by atoms with Gasteiger partial charge in [-0.05, 0) is 70.4 Å². The zero-order valence-corrected chi connectivity index (χ0v) is 26.3. The molecule has 12 nitrogen and oxygen atoms in total. The van der Waals surface area contributed by atoms with E-state index in [1.807, 2.05) is 18.5 Å². The van der Waals surface area contributed by atoms with Crippen molar-refractivity contribution in [3.8, 4) is 5.82 Å². The Balaban J connectivity index is 1.05. The minimum Gasteiger partial charge on any atom is -0.384 e. The van der Waals surface area contributed by atoms with E-state index in [1.165, 1.54) is 63.1 Å². The molecular formula is C33H44N10O2. The highest BCUT2D eigenvalue weighted by Crippen LogP contribution is 2.33. The molecular weight excluding hydrogens is 568 g/mol. The largest absolute Gasteiger partial charge is 0.384 e. The van der Waals surface area contributed by atoms with Crippen molar-refractivity contribution in [1.82, 2.24) is 43.9 Å². The van der Waals surface area contributed by atoms with Crippen molar-refractivity contribution >= 4 is 22.7 Å². The molecule has 7 rings (SSSR count). The van der Waals surface area contributed by atoms with E-state index in [0.29, 0.717) is 40.6 Å². The predicted molar refractivity (Wildman–Crippen MR) is 174 cm³/mol. The molecule has 2 saturated carbocycles. The average molecular weight is 613 g/mol. The van der Waals surface area contributed by atoms with Crippen LogP contribution in [0.3, 0.4) is 0 Å². The fraction of sp³-hybridized carbons (Fsp3) is 0.545. The maximum atomic E-state index is 13.3. The van der Waals surface area contributed by atoms with Crippen molar-refractivity contribution in [3.05, 3.63) is 65.5 Å². The Morgan fingerprint density at radius 3 is 2.49 bits per heavy atom. The van der Waals surface area contributed by atoms with Gasteiger partial charge in [0.05, 0.1) is 30.2 Å². The quantitative estimate of drug-likeness (QED) is 0.257. The average Bonchev–Trinajstić information content (AvgIpc) is 3.66. The van der Waals surface area contributed by atoms with Gasteiger partial charge in [-0.2, -0.15) is 10.1 Å². The second-order valence-corrected chi connectivity index (χ2v) is 13.4. The number of pyridine rings is 1. The van der Waals surface area contributed by atoms with Gasteiger partial charge in [0, 0.05) is 51.2 Å². The first-order chi connectivity index (χ1) is 21.8. The van der Waals surface area contributed by atoms with Gasteiger partial charge < -0.3 is 15.3 Å². The Kier molecular flexibility index (Phi) is 8.05. The summed E-state index contributed by atoms with van der Waals surface area (Å²) in [6, 6.07) is 6.42. The lowest BCUT2D eigenvalue weighted by Crippen LogP contribution is -2.51. The van der Waals surface area contributed by atoms with Gasteiger partial charge in [-0.1, -0.05) is 12.1 Å². The highest BCUT2D eigenvalue weighted by atomic mass is 16.3. The Bertz CT molecular complexity index is 1710. The predicted octanol–water partition coefficient (Wildman–Crippen LogP) is 3.84. The number of hydrogen-bond donors (Lipinski definition) is 2. The normalized spacial score (nSPS) is 21.8. The standard InChI is InChI=1S/C33H44N10O2/c1-4-14-42-31(44)27-20-34-32(38-30(27)43(42)29-7-5-6-28(37-29)33(2,3)45)36-24-19-35-41(22-24)26-12-10-25(11-13-26)40-17-15-39(16-18-40)21-23-8-9-23/h4-7,19-20,22-23,25-26,45H,1,8-18,21H2,2-3H3,(H,34,36,38)/t25-,26-. The summed E-state index contributed by atoms with van der Waals surface area (Å²) in [5.74, 6) is 1.80. The topological polar surface area (TPSA) is 122 Å². The van der Waals surface area contributed by atoms with E-state index >= 15 is 0 Å². The molecule has 0 amide bonds. The minimum atomic E-state index is -1.14. The van der Waals surface area contributed by atoms with Crippen LogP contribution in [0.4, 0.5) is 11.6 Å². The molecule has 3 fully saturated rings. The van der Waals surface area contributed by atoms with Crippen LogP contribution < -0.4 is 10.9 Å². The fourth-order valence-electron chi connectivity index (χ4n) is 6.89. The van der Waals surface area contributed by atoms with Crippen LogP contribution in [0.2, 0.25) is 0 Å². The van der Waals surface area contributed by atoms with Gasteiger partial charge in [0.15, 0.2) is 11.5 Å². The summed E-state index contributed by atoms with van der Waals surface area (Å²) in [4.78, 5) is 32.6. The molecule has 0 radical (unpaired) electrons. The number of aromatic nitrogens is 7. The summed E-state index contributed by atoms with van der Waals surface area (Å²) in [7, 11) is 0. The zero-order chi connectivity index (χ0) is 31.1. The van der Waals surface area contributed by atoms with Crippen molar-refractivity contribution in [2.75, 3.05) is 38.0 Å². The molecule has 3 aliphatic rings. The highest BCUT2D eigenvalue weighted by Gasteiger charge is 2.31. The van der Waals surface area contributed by atoms with Crippen LogP contribution in [0.25, 0.3) is 16.9 Å². The van der Waals surface area contributed by atoms with E-state index in [1.54, 1.807) is 42.9 Å². The first kappa shape index (κ1) is 29.8. The van der Waals surface area contributed by atoms with E-state index in [4.69, 9.17) is 10.1 Å². The summed E-state index contributed by atoms with van der Waals surface area (Å²) in [5.41, 5.74) is 0.313. The molecule has 0 bridgehead atoms. The van der Waals surface area contributed by atoms with E-state index in [0.717, 1.165) is 24.4 Å². The molecule has 0 atom stereocenters. The number of fused-ring (bicyclic) bond motifs is 1. The SMILES string of the molecule is C=CCn1c(=O)c2cnc(Nc3cnn([C@H]4CC[C@H](N5CCN(CC6CC6)CC5)CC4)c3)nc2n1-c1cccc(C(C)(C)O)n1. The summed E-state index contributed by atoms with van der Waals surface area (Å²) in [6.07, 6.45) is 14.5. The lowest BCUT2D eigenvalue weighted by atomic mass is 9.90. The highest BCUT2D eigenvalue weighted by molar-refractivity contribution is 5.77. The van der Waals surface area contributed by atoms with Crippen molar-refractivity contribution < 1.29 is 5.11 Å². The monoisotopic (exact) mass is 612 g/mol. The third kappa shape index (κ3) is 6.31. The molecule has 2 N–H and O–H groups in total. The molecule has 1 aliphatic heterocycles. The summed E-state index contributed by atoms with van der Waals surface area (Å²) in [6.45, 7) is 13.6. The maximum Gasteiger partial charge on any atom is 0.278 e. The number of rotatable bonds is 10. The van der Waals surface area contributed by atoms with Gasteiger partial charge in [0.25, 0.3) is 5.56 Å². The van der Waals surface area contributed by atoms with Crippen LogP contribution in [-0.4, -0.2) is 87.8 Å². The van der Waals surface area contributed by atoms with Gasteiger partial charge in [0.1, 0.15) is 11.0 Å². The number of hydrogen-bond acceptors (Lipinski definition) is 9. The number of allylic oxidation sites excluding steroid dienone is 1. The van der Waals surface area contributed by atoms with Gasteiger partial charge in [-0.15, -0.1) is 6.58 Å². The second-order valence-electron chi connectivity index (χ2n) is 13.4. The fourth-order valence-corrected chi connectivity index (χ4v) is 6.89. The lowest BCUT2D eigenvalue weighted by Gasteiger charge is -2.42. The van der Waals surface area contributed by atoms with Crippen molar-refractivity contribution in [3.63, 3.8) is 0 Å². The molecule has 4 aromatic rings. The number of nitrogens with one attached hydrogen (secondary N) is 1. The summed E-state index contributed by atoms with van der Waals surface area (Å²) in [5, 5.41) is 18.9. The van der Waals surface area contributed by atoms with E-state index in [2.05, 4.69) is 36.3 Å². The Morgan fingerprint density at radius 2 is 1.78 bits per heavy atom. The molecule has 0 aromatic carbocycles. The van der Waals surface area contributed by atoms with Gasteiger partial charge in [-0.3, -0.25) is 14.4 Å². The molecule has 0 unspecified atom stereocenters. The first-order valence-corrected chi connectivity index (χ1v) is 16.3. The van der Waals surface area contributed by atoms with Crippen LogP contribution in [0.5, 0.6) is 0 Å². The molecule has 238 valence electrons. The minimum absolute atomic E-state index is 0.240. The molecule has 2 aliphatic carbocycles. The van der Waals surface area contributed by atoms with E-state index in [9.17, 15) is 9.90 Å². The van der Waals surface area contributed by atoms with Gasteiger partial charge >= 0.3 is 0 Å². The molecule has 4 aromatic heterocycles. The molecule has 1 saturated heterocycles. The summed E-state index contributed by atoms with van der Waals surface area (Å²) >= 11 is 0. The first-order valence-electron chi connectivity index (χ1n) is 16.3. The number of anilines is 2. The zero-order valence-electron chi connectivity index (χ0n) is 26.3. The maximum absolute atomic E-state index is 13.3. The van der Waals surface area contributed by atoms with Crippen LogP contribution in [0.15, 0.2) is 54.2 Å². The molecule has 12 heteroatoms. The third-order valence-electron chi connectivity index (χ3n) is 9.59. The number of piperazine rings is 1. The lowest BCUT2D eigenvalue weighted by molar-refractivity contribution is 0.0685. The Labute approximate surface area is 263 Å². The van der Waals surface area contributed by atoms with Crippen LogP contribution in [-0.2, 0) is 12.1 Å².